The standard InChI is InChI=1S/C21H22N6O3S/c1-3-27-21(29)30-18(24-27)13-6-4-7-14(10-13)26-12-15-8-5-9-25(15)17-16(19(26)28)11-22-20(23-17)31-2/h4,6-7,10-11,15H,3,5,8-9,12H2,1-2H3/t15-/m0/s1. The molecule has 1 amide bonds. The number of carbonyl (C=O) groups is 1. The number of benzene rings is 1. The van der Waals surface area contributed by atoms with Gasteiger partial charge in [0, 0.05) is 43.1 Å². The van der Waals surface area contributed by atoms with Crippen LogP contribution in [0, 0.1) is 0 Å². The van der Waals surface area contributed by atoms with Crippen LogP contribution in [0.1, 0.15) is 30.1 Å². The fourth-order valence-corrected chi connectivity index (χ4v) is 4.56. The van der Waals surface area contributed by atoms with Gasteiger partial charge < -0.3 is 14.2 Å². The average molecular weight is 439 g/mol. The molecule has 0 radical (unpaired) electrons. The molecular formula is C21H22N6O3S. The van der Waals surface area contributed by atoms with Crippen LogP contribution in [0.15, 0.2) is 44.8 Å². The quantitative estimate of drug-likeness (QED) is 0.453. The monoisotopic (exact) mass is 438 g/mol. The lowest BCUT2D eigenvalue weighted by Gasteiger charge is -2.27. The van der Waals surface area contributed by atoms with E-state index in [1.54, 1.807) is 11.1 Å². The Morgan fingerprint density at radius 1 is 1.29 bits per heavy atom. The Labute approximate surface area is 183 Å². The van der Waals surface area contributed by atoms with Crippen LogP contribution < -0.4 is 15.6 Å². The number of carbonyl (C=O) groups excluding carboxylic acids is 1. The summed E-state index contributed by atoms with van der Waals surface area (Å²) in [7, 11) is 0. The minimum absolute atomic E-state index is 0.130. The van der Waals surface area contributed by atoms with Crippen LogP contribution in [-0.4, -0.2) is 51.0 Å². The molecule has 0 N–H and O–H groups in total. The fourth-order valence-electron chi connectivity index (χ4n) is 4.22. The number of aryl methyl sites for hydroxylation is 1. The minimum atomic E-state index is -0.494. The number of thioether (sulfide) groups is 1. The van der Waals surface area contributed by atoms with E-state index in [4.69, 9.17) is 4.42 Å². The summed E-state index contributed by atoms with van der Waals surface area (Å²) in [6.07, 6.45) is 5.62. The Balaban J connectivity index is 1.57. The van der Waals surface area contributed by atoms with Crippen molar-refractivity contribution in [1.29, 1.82) is 0 Å². The minimum Gasteiger partial charge on any atom is -0.388 e. The average Bonchev–Trinajstić information content (AvgIpc) is 3.40. The van der Waals surface area contributed by atoms with Crippen LogP contribution in [0.2, 0.25) is 0 Å². The number of hydrogen-bond donors (Lipinski definition) is 0. The number of anilines is 2. The topological polar surface area (TPSA) is 97.4 Å². The third kappa shape index (κ3) is 3.40. The molecule has 1 saturated heterocycles. The van der Waals surface area contributed by atoms with Crippen LogP contribution in [0.5, 0.6) is 0 Å². The van der Waals surface area contributed by atoms with E-state index in [2.05, 4.69) is 20.0 Å². The second-order valence-corrected chi connectivity index (χ2v) is 8.31. The third-order valence-electron chi connectivity index (χ3n) is 5.76. The zero-order valence-electron chi connectivity index (χ0n) is 17.3. The summed E-state index contributed by atoms with van der Waals surface area (Å²) in [6, 6.07) is 7.58. The summed E-state index contributed by atoms with van der Waals surface area (Å²) in [5.74, 6) is 0.339. The lowest BCUT2D eigenvalue weighted by Crippen LogP contribution is -2.39. The molecule has 0 unspecified atom stereocenters. The van der Waals surface area contributed by atoms with Crippen LogP contribution >= 0.6 is 11.8 Å². The Kier molecular flexibility index (Phi) is 5.01. The van der Waals surface area contributed by atoms with Gasteiger partial charge in [-0.25, -0.2) is 14.8 Å². The van der Waals surface area contributed by atoms with Crippen LogP contribution in [0.3, 0.4) is 0 Å². The molecule has 10 heteroatoms. The highest BCUT2D eigenvalue weighted by Crippen LogP contribution is 2.35. The molecule has 2 aliphatic rings. The molecule has 9 nitrogen and oxygen atoms in total. The normalized spacial score (nSPS) is 18.1. The first-order valence-corrected chi connectivity index (χ1v) is 11.5. The van der Waals surface area contributed by atoms with E-state index in [1.165, 1.54) is 16.4 Å². The van der Waals surface area contributed by atoms with Gasteiger partial charge in [0.05, 0.1) is 0 Å². The third-order valence-corrected chi connectivity index (χ3v) is 6.32. The van der Waals surface area contributed by atoms with E-state index in [0.29, 0.717) is 29.4 Å². The molecule has 160 valence electrons. The number of fused-ring (bicyclic) bond motifs is 3. The molecule has 4 heterocycles. The van der Waals surface area contributed by atoms with Gasteiger partial charge in [0.15, 0.2) is 5.16 Å². The molecule has 1 atom stereocenters. The highest BCUT2D eigenvalue weighted by atomic mass is 32.2. The van der Waals surface area contributed by atoms with Crippen LogP contribution in [0.4, 0.5) is 11.5 Å². The van der Waals surface area contributed by atoms with Crippen molar-refractivity contribution >= 4 is 29.2 Å². The number of rotatable bonds is 4. The molecule has 2 aromatic heterocycles. The predicted octanol–water partition coefficient (Wildman–Crippen LogP) is 2.66. The summed E-state index contributed by atoms with van der Waals surface area (Å²) >= 11 is 1.47. The fraction of sp³-hybridized carbons (Fsp3) is 0.381. The van der Waals surface area contributed by atoms with Gasteiger partial charge in [-0.1, -0.05) is 17.8 Å². The largest absolute Gasteiger partial charge is 0.437 e. The van der Waals surface area contributed by atoms with Crippen molar-refractivity contribution in [2.75, 3.05) is 29.1 Å². The van der Waals surface area contributed by atoms with E-state index in [0.717, 1.165) is 30.9 Å². The van der Waals surface area contributed by atoms with Gasteiger partial charge in [-0.05, 0) is 44.2 Å². The number of amides is 1. The molecule has 5 rings (SSSR count). The molecule has 0 spiro atoms. The van der Waals surface area contributed by atoms with Gasteiger partial charge in [-0.15, -0.1) is 5.10 Å². The van der Waals surface area contributed by atoms with Gasteiger partial charge in [-0.3, -0.25) is 4.79 Å². The predicted molar refractivity (Wildman–Crippen MR) is 118 cm³/mol. The van der Waals surface area contributed by atoms with Gasteiger partial charge in [0.1, 0.15) is 11.4 Å². The van der Waals surface area contributed by atoms with Gasteiger partial charge in [0.2, 0.25) is 5.89 Å². The lowest BCUT2D eigenvalue weighted by molar-refractivity contribution is 0.0988. The second kappa shape index (κ2) is 7.84. The van der Waals surface area contributed by atoms with Crippen LogP contribution in [0.25, 0.3) is 11.5 Å². The summed E-state index contributed by atoms with van der Waals surface area (Å²) in [5.41, 5.74) is 1.88. The molecule has 1 aromatic carbocycles. The van der Waals surface area contributed by atoms with E-state index in [9.17, 15) is 9.59 Å². The highest BCUT2D eigenvalue weighted by Gasteiger charge is 2.37. The molecule has 0 saturated carbocycles. The maximum atomic E-state index is 13.5. The van der Waals surface area contributed by atoms with Gasteiger partial charge in [0.25, 0.3) is 5.91 Å². The molecule has 0 aliphatic carbocycles. The first kappa shape index (κ1) is 19.8. The Bertz CT molecular complexity index is 1210. The van der Waals surface area contributed by atoms with Crippen molar-refractivity contribution in [1.82, 2.24) is 19.7 Å². The highest BCUT2D eigenvalue weighted by molar-refractivity contribution is 7.98. The van der Waals surface area contributed by atoms with Crippen molar-refractivity contribution in [3.05, 3.63) is 46.6 Å². The molecular weight excluding hydrogens is 416 g/mol. The summed E-state index contributed by atoms with van der Waals surface area (Å²) in [5, 5.41) is 4.90. The number of nitrogens with zero attached hydrogens (tertiary/aromatic N) is 6. The second-order valence-electron chi connectivity index (χ2n) is 7.54. The molecule has 0 bridgehead atoms. The van der Waals surface area contributed by atoms with E-state index < -0.39 is 5.76 Å². The zero-order valence-corrected chi connectivity index (χ0v) is 18.1. The molecule has 31 heavy (non-hydrogen) atoms. The zero-order chi connectivity index (χ0) is 21.5. The summed E-state index contributed by atoms with van der Waals surface area (Å²) in [4.78, 5) is 38.5. The van der Waals surface area contributed by atoms with Crippen molar-refractivity contribution in [3.63, 3.8) is 0 Å². The Hall–Kier alpha value is -3.14. The summed E-state index contributed by atoms with van der Waals surface area (Å²) < 4.78 is 6.57. The smallest absolute Gasteiger partial charge is 0.388 e. The van der Waals surface area contributed by atoms with E-state index in [1.807, 2.05) is 37.4 Å². The van der Waals surface area contributed by atoms with E-state index >= 15 is 0 Å². The first-order chi connectivity index (χ1) is 15.1. The lowest BCUT2D eigenvalue weighted by atomic mass is 10.1. The van der Waals surface area contributed by atoms with Crippen molar-refractivity contribution < 1.29 is 9.21 Å². The van der Waals surface area contributed by atoms with Crippen molar-refractivity contribution in [2.45, 2.75) is 37.5 Å². The maximum absolute atomic E-state index is 13.5. The molecule has 3 aromatic rings. The summed E-state index contributed by atoms with van der Waals surface area (Å²) in [6.45, 7) is 3.69. The molecule has 2 aliphatic heterocycles. The maximum Gasteiger partial charge on any atom is 0.437 e. The van der Waals surface area contributed by atoms with Gasteiger partial charge in [-0.2, -0.15) is 4.68 Å². The first-order valence-electron chi connectivity index (χ1n) is 10.3. The SMILES string of the molecule is CCn1nc(-c2cccc(N3C[C@@H]4CCCN4c4nc(SC)ncc4C3=O)c2)oc1=O. The molecule has 1 fully saturated rings. The van der Waals surface area contributed by atoms with E-state index in [-0.39, 0.29) is 17.8 Å². The Morgan fingerprint density at radius 3 is 2.94 bits per heavy atom. The number of hydrogen-bond acceptors (Lipinski definition) is 8. The van der Waals surface area contributed by atoms with Crippen LogP contribution in [-0.2, 0) is 6.54 Å². The van der Waals surface area contributed by atoms with Crippen molar-refractivity contribution in [3.8, 4) is 11.5 Å². The number of aromatic nitrogens is 4. The van der Waals surface area contributed by atoms with Crippen molar-refractivity contribution in [2.24, 2.45) is 0 Å². The van der Waals surface area contributed by atoms with Gasteiger partial charge >= 0.3 is 5.76 Å². The Morgan fingerprint density at radius 2 is 2.16 bits per heavy atom.